The highest BCUT2D eigenvalue weighted by Gasteiger charge is 2.31. The van der Waals surface area contributed by atoms with Gasteiger partial charge in [0.2, 0.25) is 5.95 Å². The zero-order chi connectivity index (χ0) is 16.3. The second-order valence-electron chi connectivity index (χ2n) is 6.47. The van der Waals surface area contributed by atoms with E-state index >= 15 is 0 Å². The Morgan fingerprint density at radius 2 is 2.14 bits per heavy atom. The quantitative estimate of drug-likeness (QED) is 0.860. The number of nitrogens with one attached hydrogen (secondary N) is 1. The number of hydrogen-bond acceptors (Lipinski definition) is 6. The molecule has 0 spiro atoms. The van der Waals surface area contributed by atoms with Crippen LogP contribution in [0.2, 0.25) is 0 Å². The summed E-state index contributed by atoms with van der Waals surface area (Å²) in [5.41, 5.74) is 0.879. The predicted octanol–water partition coefficient (Wildman–Crippen LogP) is 1.87. The summed E-state index contributed by atoms with van der Waals surface area (Å²) in [6.07, 6.45) is 1.72. The van der Waals surface area contributed by atoms with Gasteiger partial charge in [0.05, 0.1) is 11.5 Å². The van der Waals surface area contributed by atoms with Crippen molar-refractivity contribution in [1.82, 2.24) is 9.97 Å². The van der Waals surface area contributed by atoms with Crippen LogP contribution in [0.4, 0.5) is 11.8 Å². The SMILES string of the molecule is Cc1cc(N(C)C2CCS(=O)(=O)C2)nc(NCCC(C)C)n1. The lowest BCUT2D eigenvalue weighted by Gasteiger charge is -2.25. The number of aryl methyl sites for hydroxylation is 1. The average molecular weight is 326 g/mol. The summed E-state index contributed by atoms with van der Waals surface area (Å²) in [7, 11) is -0.985. The van der Waals surface area contributed by atoms with Crippen molar-refractivity contribution < 1.29 is 8.42 Å². The van der Waals surface area contributed by atoms with Crippen molar-refractivity contribution in [2.45, 2.75) is 39.7 Å². The molecule has 124 valence electrons. The van der Waals surface area contributed by atoms with Crippen molar-refractivity contribution in [2.24, 2.45) is 5.92 Å². The summed E-state index contributed by atoms with van der Waals surface area (Å²) in [5, 5.41) is 3.25. The van der Waals surface area contributed by atoms with Gasteiger partial charge in [-0.25, -0.2) is 13.4 Å². The van der Waals surface area contributed by atoms with Gasteiger partial charge < -0.3 is 10.2 Å². The van der Waals surface area contributed by atoms with Crippen molar-refractivity contribution in [3.63, 3.8) is 0 Å². The first-order valence-corrected chi connectivity index (χ1v) is 9.62. The fourth-order valence-corrected chi connectivity index (χ4v) is 4.33. The van der Waals surface area contributed by atoms with Crippen molar-refractivity contribution >= 4 is 21.6 Å². The summed E-state index contributed by atoms with van der Waals surface area (Å²) in [6.45, 7) is 7.12. The summed E-state index contributed by atoms with van der Waals surface area (Å²) >= 11 is 0. The van der Waals surface area contributed by atoms with E-state index in [9.17, 15) is 8.42 Å². The fraction of sp³-hybridized carbons (Fsp3) is 0.733. The summed E-state index contributed by atoms with van der Waals surface area (Å²) in [5.74, 6) is 2.50. The highest BCUT2D eigenvalue weighted by Crippen LogP contribution is 2.22. The molecule has 1 aromatic heterocycles. The van der Waals surface area contributed by atoms with E-state index in [0.29, 0.717) is 18.3 Å². The molecule has 1 N–H and O–H groups in total. The lowest BCUT2D eigenvalue weighted by molar-refractivity contribution is 0.600. The number of aromatic nitrogens is 2. The molecule has 0 aromatic carbocycles. The van der Waals surface area contributed by atoms with E-state index < -0.39 is 9.84 Å². The van der Waals surface area contributed by atoms with Gasteiger partial charge in [0.15, 0.2) is 9.84 Å². The molecule has 1 saturated heterocycles. The minimum atomic E-state index is -2.89. The van der Waals surface area contributed by atoms with Crippen LogP contribution in [0.25, 0.3) is 0 Å². The lowest BCUT2D eigenvalue weighted by atomic mass is 10.1. The van der Waals surface area contributed by atoms with E-state index in [0.717, 1.165) is 24.5 Å². The lowest BCUT2D eigenvalue weighted by Crippen LogP contribution is -2.33. The molecule has 1 fully saturated rings. The molecule has 1 aliphatic heterocycles. The van der Waals surface area contributed by atoms with Crippen LogP contribution >= 0.6 is 0 Å². The monoisotopic (exact) mass is 326 g/mol. The van der Waals surface area contributed by atoms with Crippen LogP contribution in [0.5, 0.6) is 0 Å². The first-order valence-electron chi connectivity index (χ1n) is 7.79. The highest BCUT2D eigenvalue weighted by molar-refractivity contribution is 7.91. The summed E-state index contributed by atoms with van der Waals surface area (Å²) in [4.78, 5) is 10.9. The van der Waals surface area contributed by atoms with E-state index in [1.807, 2.05) is 24.9 Å². The third-order valence-electron chi connectivity index (χ3n) is 3.96. The second-order valence-corrected chi connectivity index (χ2v) is 8.70. The normalized spacial score (nSPS) is 20.3. The van der Waals surface area contributed by atoms with Crippen molar-refractivity contribution in [3.05, 3.63) is 11.8 Å². The Balaban J connectivity index is 2.08. The van der Waals surface area contributed by atoms with Crippen LogP contribution < -0.4 is 10.2 Å². The van der Waals surface area contributed by atoms with Gasteiger partial charge in [0.1, 0.15) is 5.82 Å². The molecule has 0 bridgehead atoms. The highest BCUT2D eigenvalue weighted by atomic mass is 32.2. The Hall–Kier alpha value is -1.37. The van der Waals surface area contributed by atoms with Crippen LogP contribution in [0.3, 0.4) is 0 Å². The largest absolute Gasteiger partial charge is 0.355 e. The molecule has 2 rings (SSSR count). The predicted molar refractivity (Wildman–Crippen MR) is 90.2 cm³/mol. The number of rotatable bonds is 6. The molecule has 1 aliphatic rings. The van der Waals surface area contributed by atoms with E-state index in [-0.39, 0.29) is 17.5 Å². The average Bonchev–Trinajstić information content (AvgIpc) is 2.77. The maximum Gasteiger partial charge on any atom is 0.224 e. The van der Waals surface area contributed by atoms with Crippen LogP contribution in [-0.4, -0.2) is 49.5 Å². The Morgan fingerprint density at radius 1 is 1.41 bits per heavy atom. The number of nitrogens with zero attached hydrogens (tertiary/aromatic N) is 3. The molecule has 1 atom stereocenters. The number of sulfone groups is 1. The Kier molecular flexibility index (Phi) is 5.26. The second kappa shape index (κ2) is 6.81. The van der Waals surface area contributed by atoms with Gasteiger partial charge in [-0.05, 0) is 25.7 Å². The zero-order valence-corrected chi connectivity index (χ0v) is 14.7. The molecule has 0 saturated carbocycles. The molecule has 1 aromatic rings. The topological polar surface area (TPSA) is 75.2 Å². The molecule has 0 amide bonds. The van der Waals surface area contributed by atoms with Gasteiger partial charge in [-0.15, -0.1) is 0 Å². The maximum atomic E-state index is 11.6. The number of anilines is 2. The molecule has 0 radical (unpaired) electrons. The molecule has 2 heterocycles. The van der Waals surface area contributed by atoms with E-state index in [2.05, 4.69) is 29.1 Å². The van der Waals surface area contributed by atoms with Crippen molar-refractivity contribution in [1.29, 1.82) is 0 Å². The number of hydrogen-bond donors (Lipinski definition) is 1. The Labute approximate surface area is 133 Å². The molecule has 0 aliphatic carbocycles. The van der Waals surface area contributed by atoms with Crippen LogP contribution in [0, 0.1) is 12.8 Å². The van der Waals surface area contributed by atoms with Gasteiger partial charge in [-0.3, -0.25) is 0 Å². The van der Waals surface area contributed by atoms with Gasteiger partial charge in [-0.2, -0.15) is 4.98 Å². The first kappa shape index (κ1) is 17.0. The van der Waals surface area contributed by atoms with Crippen molar-refractivity contribution in [2.75, 3.05) is 35.3 Å². The molecule has 1 unspecified atom stereocenters. The Bertz CT molecular complexity index is 616. The first-order chi connectivity index (χ1) is 10.3. The van der Waals surface area contributed by atoms with Crippen LogP contribution in [0.15, 0.2) is 6.07 Å². The summed E-state index contributed by atoms with van der Waals surface area (Å²) < 4.78 is 23.3. The zero-order valence-electron chi connectivity index (χ0n) is 13.8. The van der Waals surface area contributed by atoms with Gasteiger partial charge in [0, 0.05) is 31.4 Å². The molecule has 22 heavy (non-hydrogen) atoms. The third-order valence-corrected chi connectivity index (χ3v) is 5.71. The van der Waals surface area contributed by atoms with Crippen molar-refractivity contribution in [3.8, 4) is 0 Å². The minimum Gasteiger partial charge on any atom is -0.355 e. The molecule has 6 nitrogen and oxygen atoms in total. The van der Waals surface area contributed by atoms with Crippen LogP contribution in [-0.2, 0) is 9.84 Å². The minimum absolute atomic E-state index is 0.00261. The Morgan fingerprint density at radius 3 is 2.73 bits per heavy atom. The van der Waals surface area contributed by atoms with Gasteiger partial charge in [-0.1, -0.05) is 13.8 Å². The smallest absolute Gasteiger partial charge is 0.224 e. The molecule has 7 heteroatoms. The fourth-order valence-electron chi connectivity index (χ4n) is 2.55. The molecular formula is C15H26N4O2S. The van der Waals surface area contributed by atoms with Gasteiger partial charge >= 0.3 is 0 Å². The maximum absolute atomic E-state index is 11.6. The van der Waals surface area contributed by atoms with E-state index in [4.69, 9.17) is 0 Å². The standard InChI is InChI=1S/C15H26N4O2S/c1-11(2)5-7-16-15-17-12(3)9-14(18-15)19(4)13-6-8-22(20,21)10-13/h9,11,13H,5-8,10H2,1-4H3,(H,16,17,18). The van der Waals surface area contributed by atoms with Gasteiger partial charge in [0.25, 0.3) is 0 Å². The van der Waals surface area contributed by atoms with Crippen LogP contribution in [0.1, 0.15) is 32.4 Å². The van der Waals surface area contributed by atoms with E-state index in [1.165, 1.54) is 0 Å². The molecular weight excluding hydrogens is 300 g/mol. The summed E-state index contributed by atoms with van der Waals surface area (Å²) in [6, 6.07) is 1.90. The third kappa shape index (κ3) is 4.56. The van der Waals surface area contributed by atoms with E-state index in [1.54, 1.807) is 0 Å².